The standard InChI is InChI=1S/C38H60N2O3S/c1-5-8-10-12-13-14-16-18-20-33(19-17-15-11-9-6-2)44(41)43-38(37-27-31-24-26-40(37)29-30(31)7-3)34-23-25-39-36-22-21-32(42-4)28-35(34)36/h7,21-23,25,28,30-31,33,37-38H,3,5-6,8-20,24,26-27,29H2,1-2,4H3/t30-,31-,33?,37+,38-,44?/m0/s1. The van der Waals surface area contributed by atoms with Crippen LogP contribution in [-0.4, -0.2) is 45.6 Å². The fourth-order valence-corrected chi connectivity index (χ4v) is 8.85. The summed E-state index contributed by atoms with van der Waals surface area (Å²) in [5.74, 6) is 1.94. The van der Waals surface area contributed by atoms with Gasteiger partial charge in [-0.1, -0.05) is 103 Å². The van der Waals surface area contributed by atoms with E-state index in [0.717, 1.165) is 67.4 Å². The van der Waals surface area contributed by atoms with E-state index in [0.29, 0.717) is 11.8 Å². The molecule has 0 radical (unpaired) electrons. The normalized spacial score (nSPS) is 23.4. The van der Waals surface area contributed by atoms with E-state index in [1.165, 1.54) is 77.0 Å². The van der Waals surface area contributed by atoms with E-state index < -0.39 is 11.1 Å². The van der Waals surface area contributed by atoms with Crippen molar-refractivity contribution in [3.63, 3.8) is 0 Å². The number of pyridine rings is 1. The molecule has 3 fully saturated rings. The van der Waals surface area contributed by atoms with Crippen molar-refractivity contribution in [1.29, 1.82) is 0 Å². The van der Waals surface area contributed by atoms with E-state index in [9.17, 15) is 4.21 Å². The van der Waals surface area contributed by atoms with E-state index in [1.807, 2.05) is 18.3 Å². The van der Waals surface area contributed by atoms with Crippen LogP contribution in [0.15, 0.2) is 43.1 Å². The monoisotopic (exact) mass is 624 g/mol. The summed E-state index contributed by atoms with van der Waals surface area (Å²) in [6, 6.07) is 8.35. The zero-order valence-electron chi connectivity index (χ0n) is 28.0. The summed E-state index contributed by atoms with van der Waals surface area (Å²) in [6.07, 6.45) is 24.5. The Labute approximate surface area is 271 Å². The number of methoxy groups -OCH3 is 1. The number of aromatic nitrogens is 1. The number of rotatable bonds is 22. The number of piperidine rings is 3. The minimum atomic E-state index is -1.37. The van der Waals surface area contributed by atoms with Crippen LogP contribution in [0.3, 0.4) is 0 Å². The molecule has 0 amide bonds. The Hall–Kier alpha value is -1.76. The zero-order valence-corrected chi connectivity index (χ0v) is 28.8. The number of benzene rings is 1. The van der Waals surface area contributed by atoms with Crippen LogP contribution in [0.1, 0.15) is 135 Å². The molecule has 5 nitrogen and oxygen atoms in total. The third kappa shape index (κ3) is 9.87. The molecule has 3 unspecified atom stereocenters. The lowest BCUT2D eigenvalue weighted by molar-refractivity contribution is -0.0324. The van der Waals surface area contributed by atoms with Gasteiger partial charge in [0, 0.05) is 24.2 Å². The van der Waals surface area contributed by atoms with E-state index in [2.05, 4.69) is 48.5 Å². The van der Waals surface area contributed by atoms with Gasteiger partial charge in [-0.3, -0.25) is 14.1 Å². The SMILES string of the molecule is C=C[C@H]1CN2CC[C@H]1C[C@@H]2[C@@H](OS(=O)C(CCCCCCC)CCCCCCCCCC)c1ccnc2ccc(OC)cc12. The van der Waals surface area contributed by atoms with Crippen molar-refractivity contribution in [2.45, 2.75) is 140 Å². The van der Waals surface area contributed by atoms with Gasteiger partial charge >= 0.3 is 0 Å². The van der Waals surface area contributed by atoms with E-state index in [-0.39, 0.29) is 17.4 Å². The highest BCUT2D eigenvalue weighted by Crippen LogP contribution is 2.44. The quantitative estimate of drug-likeness (QED) is 0.0964. The van der Waals surface area contributed by atoms with Gasteiger partial charge in [-0.2, -0.15) is 0 Å². The summed E-state index contributed by atoms with van der Waals surface area (Å²) in [6.45, 7) is 10.8. The molecule has 0 N–H and O–H groups in total. The maximum Gasteiger partial charge on any atom is 0.159 e. The van der Waals surface area contributed by atoms with Crippen LogP contribution < -0.4 is 4.74 Å². The maximum atomic E-state index is 14.3. The third-order valence-electron chi connectivity index (χ3n) is 10.3. The maximum absolute atomic E-state index is 14.3. The summed E-state index contributed by atoms with van der Waals surface area (Å²) in [7, 11) is 1.71. The molecule has 1 aromatic heterocycles. The van der Waals surface area contributed by atoms with Crippen molar-refractivity contribution in [1.82, 2.24) is 9.88 Å². The molecule has 5 rings (SSSR count). The summed E-state index contributed by atoms with van der Waals surface area (Å²) in [5, 5.41) is 1.12. The highest BCUT2D eigenvalue weighted by Gasteiger charge is 2.44. The molecule has 44 heavy (non-hydrogen) atoms. The molecule has 7 atom stereocenters. The largest absolute Gasteiger partial charge is 0.497 e. The highest BCUT2D eigenvalue weighted by molar-refractivity contribution is 7.80. The molecule has 6 heteroatoms. The summed E-state index contributed by atoms with van der Waals surface area (Å²) in [5.41, 5.74) is 2.01. The molecule has 1 aromatic carbocycles. The molecule has 2 bridgehead atoms. The lowest BCUT2D eigenvalue weighted by atomic mass is 9.73. The Bertz CT molecular complexity index is 1160. The van der Waals surface area contributed by atoms with Crippen molar-refractivity contribution in [2.75, 3.05) is 20.2 Å². The predicted molar refractivity (Wildman–Crippen MR) is 186 cm³/mol. The minimum Gasteiger partial charge on any atom is -0.497 e. The Morgan fingerprint density at radius 2 is 1.64 bits per heavy atom. The average Bonchev–Trinajstić information content (AvgIpc) is 3.06. The topological polar surface area (TPSA) is 51.7 Å². The smallest absolute Gasteiger partial charge is 0.159 e. The molecule has 4 heterocycles. The van der Waals surface area contributed by atoms with Crippen molar-refractivity contribution in [3.8, 4) is 5.75 Å². The Balaban J connectivity index is 1.53. The van der Waals surface area contributed by atoms with Gasteiger partial charge in [0.15, 0.2) is 11.1 Å². The molecular weight excluding hydrogens is 564 g/mol. The number of unbranched alkanes of at least 4 members (excludes halogenated alkanes) is 11. The molecule has 3 aliphatic heterocycles. The van der Waals surface area contributed by atoms with Crippen molar-refractivity contribution >= 4 is 22.0 Å². The van der Waals surface area contributed by atoms with Gasteiger partial charge in [0.2, 0.25) is 0 Å². The number of hydrogen-bond donors (Lipinski definition) is 0. The fraction of sp³-hybridized carbons (Fsp3) is 0.711. The second-order valence-corrected chi connectivity index (χ2v) is 14.8. The molecule has 0 aliphatic carbocycles. The third-order valence-corrected chi connectivity index (χ3v) is 11.7. The summed E-state index contributed by atoms with van der Waals surface area (Å²) in [4.78, 5) is 7.25. The summed E-state index contributed by atoms with van der Waals surface area (Å²) < 4.78 is 26.8. The zero-order chi connectivity index (χ0) is 31.1. The number of hydrogen-bond acceptors (Lipinski definition) is 5. The number of nitrogens with zero attached hydrogens (tertiary/aromatic N) is 2. The van der Waals surface area contributed by atoms with Gasteiger partial charge in [0.25, 0.3) is 0 Å². The average molecular weight is 625 g/mol. The lowest BCUT2D eigenvalue weighted by Gasteiger charge is -2.51. The Kier molecular flexibility index (Phi) is 15.2. The number of ether oxygens (including phenoxy) is 1. The molecular formula is C38H60N2O3S. The summed E-state index contributed by atoms with van der Waals surface area (Å²) >= 11 is -1.37. The van der Waals surface area contributed by atoms with Gasteiger partial charge in [0.05, 0.1) is 17.9 Å². The number of fused-ring (bicyclic) bond motifs is 4. The second-order valence-electron chi connectivity index (χ2n) is 13.4. The second kappa shape index (κ2) is 19.0. The Morgan fingerprint density at radius 1 is 0.977 bits per heavy atom. The molecule has 0 saturated carbocycles. The van der Waals surface area contributed by atoms with Crippen molar-refractivity contribution in [3.05, 3.63) is 48.7 Å². The van der Waals surface area contributed by atoms with Crippen LogP contribution >= 0.6 is 0 Å². The van der Waals surface area contributed by atoms with Gasteiger partial charge in [-0.25, -0.2) is 4.21 Å². The van der Waals surface area contributed by atoms with Gasteiger partial charge in [0.1, 0.15) is 11.9 Å². The van der Waals surface area contributed by atoms with Crippen LogP contribution in [0.2, 0.25) is 0 Å². The van der Waals surface area contributed by atoms with Gasteiger partial charge in [-0.05, 0) is 73.9 Å². The van der Waals surface area contributed by atoms with E-state index in [4.69, 9.17) is 8.92 Å². The first kappa shape index (κ1) is 35.1. The molecule has 246 valence electrons. The molecule has 2 aromatic rings. The predicted octanol–water partition coefficient (Wildman–Crippen LogP) is 10.1. The van der Waals surface area contributed by atoms with Gasteiger partial charge < -0.3 is 4.74 Å². The van der Waals surface area contributed by atoms with E-state index in [1.54, 1.807) is 7.11 Å². The molecule has 3 saturated heterocycles. The first-order valence-electron chi connectivity index (χ1n) is 18.0. The van der Waals surface area contributed by atoms with Crippen LogP contribution in [0, 0.1) is 11.8 Å². The lowest BCUT2D eigenvalue weighted by Crippen LogP contribution is -2.55. The first-order chi connectivity index (χ1) is 21.6. The van der Waals surface area contributed by atoms with E-state index >= 15 is 0 Å². The van der Waals surface area contributed by atoms with Crippen LogP contribution in [-0.2, 0) is 15.3 Å². The Morgan fingerprint density at radius 3 is 2.23 bits per heavy atom. The fourth-order valence-electron chi connectivity index (χ4n) is 7.54. The molecule has 3 aliphatic rings. The van der Waals surface area contributed by atoms with Crippen molar-refractivity contribution in [2.24, 2.45) is 11.8 Å². The highest BCUT2D eigenvalue weighted by atomic mass is 32.2. The van der Waals surface area contributed by atoms with Gasteiger partial charge in [-0.15, -0.1) is 6.58 Å². The van der Waals surface area contributed by atoms with Crippen LogP contribution in [0.4, 0.5) is 0 Å². The molecule has 0 spiro atoms. The first-order valence-corrected chi connectivity index (χ1v) is 19.1. The minimum absolute atomic E-state index is 0.0820. The van der Waals surface area contributed by atoms with Crippen LogP contribution in [0.5, 0.6) is 5.75 Å². The van der Waals surface area contributed by atoms with Crippen molar-refractivity contribution < 1.29 is 13.1 Å². The van der Waals surface area contributed by atoms with Crippen LogP contribution in [0.25, 0.3) is 10.9 Å².